The quantitative estimate of drug-likeness (QED) is 0.616. The average Bonchev–Trinajstić information content (AvgIpc) is 3.16. The second kappa shape index (κ2) is 7.65. The highest BCUT2D eigenvalue weighted by molar-refractivity contribution is 7.11. The second-order valence-electron chi connectivity index (χ2n) is 5.18. The van der Waals surface area contributed by atoms with E-state index in [1.165, 1.54) is 11.3 Å². The monoisotopic (exact) mass is 348 g/mol. The van der Waals surface area contributed by atoms with Crippen molar-refractivity contribution in [2.75, 3.05) is 14.2 Å². The van der Waals surface area contributed by atoms with Crippen LogP contribution in [-0.4, -0.2) is 19.2 Å². The fraction of sp³-hybridized carbons (Fsp3) is 0.100. The zero-order valence-corrected chi connectivity index (χ0v) is 14.7. The van der Waals surface area contributed by atoms with E-state index in [0.29, 0.717) is 22.1 Å². The van der Waals surface area contributed by atoms with Gasteiger partial charge in [-0.1, -0.05) is 30.3 Å². The molecule has 0 aliphatic carbocycles. The number of methoxy groups -OCH3 is 2. The van der Waals surface area contributed by atoms with E-state index >= 15 is 0 Å². The Morgan fingerprint density at radius 3 is 2.60 bits per heavy atom. The van der Waals surface area contributed by atoms with Crippen LogP contribution in [0.5, 0.6) is 11.5 Å². The third kappa shape index (κ3) is 3.70. The summed E-state index contributed by atoms with van der Waals surface area (Å²) in [5, 5.41) is 12.2. The molecule has 0 radical (unpaired) electrons. The minimum atomic E-state index is 0.496. The van der Waals surface area contributed by atoms with Gasteiger partial charge in [0.15, 0.2) is 0 Å². The number of aromatic nitrogens is 1. The molecule has 0 aliphatic heterocycles. The Kier molecular flexibility index (Phi) is 5.12. The van der Waals surface area contributed by atoms with Crippen molar-refractivity contribution in [3.63, 3.8) is 0 Å². The molecule has 0 saturated heterocycles. The lowest BCUT2D eigenvalue weighted by atomic mass is 10.1. The molecule has 0 fully saturated rings. The van der Waals surface area contributed by atoms with Crippen molar-refractivity contribution in [2.24, 2.45) is 0 Å². The van der Waals surface area contributed by atoms with Gasteiger partial charge in [0, 0.05) is 22.6 Å². The first-order valence-electron chi connectivity index (χ1n) is 7.60. The second-order valence-corrected chi connectivity index (χ2v) is 6.04. The lowest BCUT2D eigenvalue weighted by Crippen LogP contribution is -1.90. The summed E-state index contributed by atoms with van der Waals surface area (Å²) >= 11 is 1.45. The molecular formula is C20H16N2O2S. The third-order valence-corrected chi connectivity index (χ3v) is 4.54. The first-order chi connectivity index (χ1) is 12.2. The molecule has 0 spiro atoms. The van der Waals surface area contributed by atoms with Crippen LogP contribution in [0.2, 0.25) is 0 Å². The van der Waals surface area contributed by atoms with Gasteiger partial charge in [-0.25, -0.2) is 4.98 Å². The summed E-state index contributed by atoms with van der Waals surface area (Å²) in [5.41, 5.74) is 3.19. The summed E-state index contributed by atoms with van der Waals surface area (Å²) in [6, 6.07) is 17.6. The standard InChI is InChI=1S/C20H16N2O2S/c1-23-17-9-8-15(19(11-17)24-2)10-16(12-21)20-22-18(13-25-20)14-6-4-3-5-7-14/h3-11,13H,1-2H3. The zero-order valence-electron chi connectivity index (χ0n) is 13.9. The van der Waals surface area contributed by atoms with Crippen molar-refractivity contribution in [2.45, 2.75) is 0 Å². The van der Waals surface area contributed by atoms with Crippen molar-refractivity contribution in [1.82, 2.24) is 4.98 Å². The minimum Gasteiger partial charge on any atom is -0.497 e. The van der Waals surface area contributed by atoms with E-state index in [4.69, 9.17) is 9.47 Å². The summed E-state index contributed by atoms with van der Waals surface area (Å²) in [5.74, 6) is 1.35. The van der Waals surface area contributed by atoms with Gasteiger partial charge in [-0.15, -0.1) is 11.3 Å². The molecule has 0 aliphatic rings. The van der Waals surface area contributed by atoms with Gasteiger partial charge in [0.25, 0.3) is 0 Å². The number of benzene rings is 2. The molecule has 5 heteroatoms. The number of allylic oxidation sites excluding steroid dienone is 1. The Bertz CT molecular complexity index is 940. The maximum absolute atomic E-state index is 9.57. The highest BCUT2D eigenvalue weighted by atomic mass is 32.1. The minimum absolute atomic E-state index is 0.496. The Balaban J connectivity index is 1.97. The van der Waals surface area contributed by atoms with Gasteiger partial charge in [-0.3, -0.25) is 0 Å². The average molecular weight is 348 g/mol. The van der Waals surface area contributed by atoms with Gasteiger partial charge < -0.3 is 9.47 Å². The van der Waals surface area contributed by atoms with Crippen LogP contribution in [0.25, 0.3) is 22.9 Å². The number of nitriles is 1. The number of ether oxygens (including phenoxy) is 2. The first kappa shape index (κ1) is 16.7. The summed E-state index contributed by atoms with van der Waals surface area (Å²) in [7, 11) is 3.20. The van der Waals surface area contributed by atoms with Crippen molar-refractivity contribution < 1.29 is 9.47 Å². The topological polar surface area (TPSA) is 55.1 Å². The van der Waals surface area contributed by atoms with Gasteiger partial charge in [-0.2, -0.15) is 5.26 Å². The largest absolute Gasteiger partial charge is 0.497 e. The summed E-state index contributed by atoms with van der Waals surface area (Å²) in [4.78, 5) is 4.60. The molecule has 25 heavy (non-hydrogen) atoms. The number of thiazole rings is 1. The van der Waals surface area contributed by atoms with Gasteiger partial charge in [-0.05, 0) is 18.2 Å². The SMILES string of the molecule is COc1ccc(C=C(C#N)c2nc(-c3ccccc3)cs2)c(OC)c1. The maximum atomic E-state index is 9.57. The highest BCUT2D eigenvalue weighted by Gasteiger charge is 2.11. The van der Waals surface area contributed by atoms with Gasteiger partial charge in [0.05, 0.1) is 25.5 Å². The van der Waals surface area contributed by atoms with E-state index in [1.54, 1.807) is 26.4 Å². The van der Waals surface area contributed by atoms with Crippen molar-refractivity contribution in [1.29, 1.82) is 5.26 Å². The lowest BCUT2D eigenvalue weighted by molar-refractivity contribution is 0.394. The molecule has 4 nitrogen and oxygen atoms in total. The predicted molar refractivity (Wildman–Crippen MR) is 101 cm³/mol. The van der Waals surface area contributed by atoms with Crippen LogP contribution in [0, 0.1) is 11.3 Å². The molecule has 1 heterocycles. The summed E-state index contributed by atoms with van der Waals surface area (Å²) in [6.07, 6.45) is 1.78. The van der Waals surface area contributed by atoms with Crippen LogP contribution >= 0.6 is 11.3 Å². The fourth-order valence-corrected chi connectivity index (χ4v) is 3.17. The number of hydrogen-bond acceptors (Lipinski definition) is 5. The molecule has 0 unspecified atom stereocenters. The van der Waals surface area contributed by atoms with Crippen LogP contribution < -0.4 is 9.47 Å². The molecule has 0 saturated carbocycles. The molecule has 0 bridgehead atoms. The van der Waals surface area contributed by atoms with E-state index in [9.17, 15) is 5.26 Å². The fourth-order valence-electron chi connectivity index (χ4n) is 2.37. The number of hydrogen-bond donors (Lipinski definition) is 0. The van der Waals surface area contributed by atoms with E-state index in [1.807, 2.05) is 47.8 Å². The van der Waals surface area contributed by atoms with Crippen molar-refractivity contribution >= 4 is 23.0 Å². The smallest absolute Gasteiger partial charge is 0.134 e. The van der Waals surface area contributed by atoms with E-state index in [0.717, 1.165) is 16.8 Å². The predicted octanol–water partition coefficient (Wildman–Crippen LogP) is 4.89. The molecule has 1 aromatic heterocycles. The van der Waals surface area contributed by atoms with E-state index in [-0.39, 0.29) is 0 Å². The maximum Gasteiger partial charge on any atom is 0.134 e. The molecule has 3 aromatic rings. The molecule has 2 aromatic carbocycles. The van der Waals surface area contributed by atoms with Crippen LogP contribution in [0.3, 0.4) is 0 Å². The van der Waals surface area contributed by atoms with Gasteiger partial charge in [0.1, 0.15) is 22.6 Å². The van der Waals surface area contributed by atoms with Gasteiger partial charge in [0.2, 0.25) is 0 Å². The summed E-state index contributed by atoms with van der Waals surface area (Å²) < 4.78 is 10.6. The molecular weight excluding hydrogens is 332 g/mol. The molecule has 3 rings (SSSR count). The Labute approximate surface area is 150 Å². The summed E-state index contributed by atoms with van der Waals surface area (Å²) in [6.45, 7) is 0. The van der Waals surface area contributed by atoms with Crippen LogP contribution in [0.1, 0.15) is 10.6 Å². The molecule has 0 amide bonds. The number of rotatable bonds is 5. The third-order valence-electron chi connectivity index (χ3n) is 3.67. The van der Waals surface area contributed by atoms with E-state index in [2.05, 4.69) is 11.1 Å². The van der Waals surface area contributed by atoms with Crippen molar-refractivity contribution in [3.8, 4) is 28.8 Å². The normalized spacial score (nSPS) is 11.0. The van der Waals surface area contributed by atoms with Crippen molar-refractivity contribution in [3.05, 3.63) is 64.5 Å². The Morgan fingerprint density at radius 2 is 1.92 bits per heavy atom. The molecule has 0 N–H and O–H groups in total. The van der Waals surface area contributed by atoms with Crippen LogP contribution in [-0.2, 0) is 0 Å². The number of nitrogens with zero attached hydrogens (tertiary/aromatic N) is 2. The Hall–Kier alpha value is -3.10. The lowest BCUT2D eigenvalue weighted by Gasteiger charge is -2.07. The molecule has 0 atom stereocenters. The molecule has 124 valence electrons. The van der Waals surface area contributed by atoms with Crippen LogP contribution in [0.4, 0.5) is 0 Å². The Morgan fingerprint density at radius 1 is 1.12 bits per heavy atom. The first-order valence-corrected chi connectivity index (χ1v) is 8.48. The van der Waals surface area contributed by atoms with Gasteiger partial charge >= 0.3 is 0 Å². The zero-order chi connectivity index (χ0) is 17.6. The van der Waals surface area contributed by atoms with Crippen LogP contribution in [0.15, 0.2) is 53.9 Å². The highest BCUT2D eigenvalue weighted by Crippen LogP contribution is 2.31. The van der Waals surface area contributed by atoms with E-state index < -0.39 is 0 Å².